The number of aliphatic hydroxyl groups is 2. The van der Waals surface area contributed by atoms with E-state index in [0.29, 0.717) is 43.3 Å². The van der Waals surface area contributed by atoms with Gasteiger partial charge in [-0.15, -0.1) is 0 Å². The van der Waals surface area contributed by atoms with Crippen molar-refractivity contribution in [3.8, 4) is 0 Å². The van der Waals surface area contributed by atoms with E-state index in [2.05, 4.69) is 45.7 Å². The summed E-state index contributed by atoms with van der Waals surface area (Å²) in [4.78, 5) is 0. The largest absolute Gasteiger partial charge is 1.00 e. The molecule has 0 aliphatic rings. The first kappa shape index (κ1) is 79.5. The van der Waals surface area contributed by atoms with Crippen molar-refractivity contribution in [1.82, 2.24) is 0 Å². The van der Waals surface area contributed by atoms with Gasteiger partial charge in [-0.3, -0.25) is 22.8 Å². The van der Waals surface area contributed by atoms with Crippen LogP contribution >= 0.6 is 0 Å². The molecule has 0 heterocycles. The van der Waals surface area contributed by atoms with Gasteiger partial charge in [-0.1, -0.05) is 119 Å². The zero-order valence-corrected chi connectivity index (χ0v) is 38.1. The van der Waals surface area contributed by atoms with Crippen LogP contribution in [0.25, 0.3) is 0 Å². The molecule has 0 aromatic carbocycles. The lowest BCUT2D eigenvalue weighted by atomic mass is 9.93. The summed E-state index contributed by atoms with van der Waals surface area (Å²) in [5.74, 6) is 0. The number of hydrogen-bond acceptors (Lipinski definition) is 13. The lowest BCUT2D eigenvalue weighted by molar-refractivity contribution is 0.175. The summed E-state index contributed by atoms with van der Waals surface area (Å²) < 4.78 is 128. The monoisotopic (exact) mass is 918 g/mol. The van der Waals surface area contributed by atoms with Gasteiger partial charge in [-0.25, -0.2) is 12.5 Å². The Balaban J connectivity index is -0.0000000455. The fraction of sp³-hybridized carbons (Fsp3) is 1.00. The van der Waals surface area contributed by atoms with Crippen molar-refractivity contribution in [1.29, 1.82) is 0 Å². The van der Waals surface area contributed by atoms with Crippen molar-refractivity contribution in [2.75, 3.05) is 33.0 Å². The van der Waals surface area contributed by atoms with Crippen LogP contribution in [-0.4, -0.2) is 111 Å². The SMILES string of the molecule is C.C.CC(C)(C)CCO.CC(C)(C)CCO.CC(C)(C)CCOS(=O)(=O)O.CC(C)(C)CCOS(=O)(=O)OCCC(C)(C)C.O.O.O=S(=O)(O)O.O=S(=O)(O)O.[H+].[H+]. The van der Waals surface area contributed by atoms with E-state index in [4.69, 9.17) is 58.2 Å². The van der Waals surface area contributed by atoms with Gasteiger partial charge in [0, 0.05) is 13.2 Å². The Hall–Kier alpha value is -0.680. The van der Waals surface area contributed by atoms with Gasteiger partial charge in [0.05, 0.1) is 19.8 Å². The Morgan fingerprint density at radius 1 is 0.393 bits per heavy atom. The molecule has 0 aromatic rings. The molecule has 0 aliphatic heterocycles. The van der Waals surface area contributed by atoms with Gasteiger partial charge in [0.15, 0.2) is 0 Å². The van der Waals surface area contributed by atoms with E-state index in [0.717, 1.165) is 12.8 Å². The summed E-state index contributed by atoms with van der Waals surface area (Å²) in [6.07, 6.45) is 3.73. The lowest BCUT2D eigenvalue weighted by Gasteiger charge is -2.18. The van der Waals surface area contributed by atoms with Crippen LogP contribution in [0.2, 0.25) is 0 Å². The second-order valence-electron chi connectivity index (χ2n) is 17.2. The normalized spacial score (nSPS) is 12.0. The molecule has 0 atom stereocenters. The third-order valence-electron chi connectivity index (χ3n) is 4.97. The second-order valence-corrected chi connectivity index (χ2v) is 21.4. The summed E-state index contributed by atoms with van der Waals surface area (Å²) in [6, 6.07) is 0. The van der Waals surface area contributed by atoms with E-state index in [1.54, 1.807) is 0 Å². The van der Waals surface area contributed by atoms with Crippen LogP contribution in [0, 0.1) is 27.1 Å². The molecule has 0 radical (unpaired) electrons. The van der Waals surface area contributed by atoms with E-state index in [-0.39, 0.29) is 64.7 Å². The molecule has 0 aliphatic carbocycles. The maximum Gasteiger partial charge on any atom is 1.00 e. The standard InChI is InChI=1S/C12H26O4S.C6H14O4S.2C6H14O.2CH4.2H2O4S.2H2O/c1-11(2,3)7-9-15-17(13,14)16-10-8-12(4,5)6;1-6(2,3)4-5-10-11(7,8)9;2*1-6(2,3)4-5-7;;;2*1-5(2,3)4;;/h7-10H2,1-6H3;4-5H2,1-3H3,(H,7,8,9);2*7H,4-5H2,1-3H3;2*1H4;2*(H2,1,2,3,4);2*1H2/p+2. The molecule has 24 heteroatoms. The van der Waals surface area contributed by atoms with Crippen molar-refractivity contribution < 1.29 is 93.0 Å². The zero-order valence-electron chi connectivity index (χ0n) is 36.8. The van der Waals surface area contributed by atoms with Crippen LogP contribution in [0.4, 0.5) is 0 Å². The molecular weight excluding hydrogens is 833 g/mol. The zero-order chi connectivity index (χ0) is 43.7. The van der Waals surface area contributed by atoms with Crippen LogP contribution in [0.1, 0.15) is 154 Å². The van der Waals surface area contributed by atoms with Crippen LogP contribution in [-0.2, 0) is 54.1 Å². The Morgan fingerprint density at radius 3 is 0.661 bits per heavy atom. The number of hydrogen-bond donors (Lipinski definition) is 7. The first-order valence-corrected chi connectivity index (χ1v) is 21.5. The van der Waals surface area contributed by atoms with E-state index in [1.807, 2.05) is 62.3 Å². The number of rotatable bonds is 11. The Morgan fingerprint density at radius 2 is 0.554 bits per heavy atom. The molecule has 56 heavy (non-hydrogen) atoms. The molecule has 0 amide bonds. The summed E-state index contributed by atoms with van der Waals surface area (Å²) in [5, 5.41) is 16.8. The minimum absolute atomic E-state index is 0. The third kappa shape index (κ3) is 149. The molecule has 0 fully saturated rings. The maximum atomic E-state index is 11.4. The van der Waals surface area contributed by atoms with Crippen molar-refractivity contribution in [2.24, 2.45) is 27.1 Å². The van der Waals surface area contributed by atoms with Crippen molar-refractivity contribution >= 4 is 41.6 Å². The fourth-order valence-corrected chi connectivity index (χ4v) is 2.99. The summed E-state index contributed by atoms with van der Waals surface area (Å²) >= 11 is 0. The maximum absolute atomic E-state index is 11.4. The molecule has 0 unspecified atom stereocenters. The molecule has 0 saturated carbocycles. The second kappa shape index (κ2) is 35.1. The first-order chi connectivity index (χ1) is 22.2. The predicted octanol–water partition coefficient (Wildman–Crippen LogP) is 5.75. The highest BCUT2D eigenvalue weighted by molar-refractivity contribution is 7.82. The van der Waals surface area contributed by atoms with Gasteiger partial charge in [0.2, 0.25) is 0 Å². The molecule has 11 N–H and O–H groups in total. The molecule has 0 bridgehead atoms. The highest BCUT2D eigenvalue weighted by Crippen LogP contribution is 2.21. The van der Waals surface area contributed by atoms with E-state index in [9.17, 15) is 16.8 Å². The van der Waals surface area contributed by atoms with Crippen LogP contribution in [0.5, 0.6) is 0 Å². The van der Waals surface area contributed by atoms with Crippen molar-refractivity contribution in [3.63, 3.8) is 0 Å². The molecule has 0 spiro atoms. The summed E-state index contributed by atoms with van der Waals surface area (Å²) in [7, 11) is -17.4. The molecule has 0 rings (SSSR count). The van der Waals surface area contributed by atoms with Crippen LogP contribution in [0.15, 0.2) is 0 Å². The topological polar surface area (TPSA) is 369 Å². The molecule has 20 nitrogen and oxygen atoms in total. The van der Waals surface area contributed by atoms with Gasteiger partial charge in [-0.05, 0) is 59.2 Å². The summed E-state index contributed by atoms with van der Waals surface area (Å²) in [6.45, 7) is 31.7. The molecular formula is C32H86O20S4+2. The Bertz CT molecular complexity index is 1220. The van der Waals surface area contributed by atoms with Gasteiger partial charge in [-0.2, -0.15) is 33.7 Å². The highest BCUT2D eigenvalue weighted by atomic mass is 32.3. The first-order valence-electron chi connectivity index (χ1n) is 16.0. The fourth-order valence-electron chi connectivity index (χ4n) is 2.06. The number of aliphatic hydroxyl groups excluding tert-OH is 2. The third-order valence-corrected chi connectivity index (χ3v) is 6.34. The highest BCUT2D eigenvalue weighted by Gasteiger charge is 2.18. The van der Waals surface area contributed by atoms with Gasteiger partial charge in [0.25, 0.3) is 0 Å². The summed E-state index contributed by atoms with van der Waals surface area (Å²) in [5.41, 5.74) is 0.732. The quantitative estimate of drug-likeness (QED) is 0.121. The molecule has 0 saturated heterocycles. The molecule has 356 valence electrons. The lowest BCUT2D eigenvalue weighted by Crippen LogP contribution is -2.18. The predicted molar refractivity (Wildman–Crippen MR) is 224 cm³/mol. The average Bonchev–Trinajstić information content (AvgIpc) is 2.72. The van der Waals surface area contributed by atoms with Gasteiger partial charge < -0.3 is 21.2 Å². The van der Waals surface area contributed by atoms with Gasteiger partial charge >= 0.3 is 44.4 Å². The Labute approximate surface area is 344 Å². The van der Waals surface area contributed by atoms with E-state index >= 15 is 0 Å². The minimum Gasteiger partial charge on any atom is -0.412 e. The molecule has 0 aromatic heterocycles. The van der Waals surface area contributed by atoms with Crippen LogP contribution < -0.4 is 0 Å². The van der Waals surface area contributed by atoms with Crippen molar-refractivity contribution in [3.05, 3.63) is 0 Å². The van der Waals surface area contributed by atoms with Crippen molar-refractivity contribution in [2.45, 2.75) is 151 Å². The Kier molecular flexibility index (Phi) is 49.8. The van der Waals surface area contributed by atoms with E-state index in [1.165, 1.54) is 0 Å². The van der Waals surface area contributed by atoms with Gasteiger partial charge in [0.1, 0.15) is 0 Å². The smallest absolute Gasteiger partial charge is 0.412 e. The minimum atomic E-state index is -4.67. The van der Waals surface area contributed by atoms with E-state index < -0.39 is 41.6 Å². The average molecular weight is 919 g/mol. The van der Waals surface area contributed by atoms with Crippen LogP contribution in [0.3, 0.4) is 0 Å².